The molecule has 146 valence electrons. The van der Waals surface area contributed by atoms with E-state index in [0.29, 0.717) is 42.5 Å². The maximum atomic E-state index is 13.0. The molecule has 0 saturated carbocycles. The molecule has 28 heavy (non-hydrogen) atoms. The van der Waals surface area contributed by atoms with Gasteiger partial charge in [0, 0.05) is 19.2 Å². The number of carbonyl (C=O) groups excluding carboxylic acids is 1. The SMILES string of the molecule is NC(=O)C1COCCN(c2cc(-c3cnc4ccc(C(F)F)nn34)ncn2)C1. The minimum Gasteiger partial charge on any atom is -0.379 e. The molecule has 1 aliphatic heterocycles. The molecule has 1 fully saturated rings. The number of fused-ring (bicyclic) bond motifs is 1. The molecule has 1 unspecified atom stereocenters. The molecule has 2 N–H and O–H groups in total. The third-order valence-electron chi connectivity index (χ3n) is 4.51. The third-order valence-corrected chi connectivity index (χ3v) is 4.51. The number of carbonyl (C=O) groups is 1. The molecule has 4 rings (SSSR count). The molecule has 3 aromatic rings. The van der Waals surface area contributed by atoms with Gasteiger partial charge in [-0.25, -0.2) is 28.2 Å². The molecule has 1 saturated heterocycles. The molecule has 0 aliphatic carbocycles. The number of amides is 1. The van der Waals surface area contributed by atoms with Crippen LogP contribution < -0.4 is 10.6 Å². The number of halogens is 2. The molecule has 3 aromatic heterocycles. The van der Waals surface area contributed by atoms with Crippen LogP contribution >= 0.6 is 0 Å². The normalized spacial score (nSPS) is 17.8. The Morgan fingerprint density at radius 3 is 2.93 bits per heavy atom. The molecule has 1 atom stereocenters. The monoisotopic (exact) mass is 389 g/mol. The molecule has 0 aromatic carbocycles. The number of anilines is 1. The van der Waals surface area contributed by atoms with E-state index in [1.165, 1.54) is 29.2 Å². The quantitative estimate of drug-likeness (QED) is 0.710. The van der Waals surface area contributed by atoms with Crippen LogP contribution in [-0.2, 0) is 9.53 Å². The lowest BCUT2D eigenvalue weighted by molar-refractivity contribution is -0.122. The minimum absolute atomic E-state index is 0.261. The molecule has 11 heteroatoms. The lowest BCUT2D eigenvalue weighted by Gasteiger charge is -2.23. The van der Waals surface area contributed by atoms with Crippen molar-refractivity contribution in [2.24, 2.45) is 11.7 Å². The summed E-state index contributed by atoms with van der Waals surface area (Å²) in [7, 11) is 0. The summed E-state index contributed by atoms with van der Waals surface area (Å²) in [6.45, 7) is 1.59. The number of primary amides is 1. The topological polar surface area (TPSA) is 112 Å². The molecule has 9 nitrogen and oxygen atoms in total. The summed E-state index contributed by atoms with van der Waals surface area (Å²) in [6.07, 6.45) is 0.191. The summed E-state index contributed by atoms with van der Waals surface area (Å²) < 4.78 is 32.8. The van der Waals surface area contributed by atoms with Gasteiger partial charge in [-0.05, 0) is 12.1 Å². The van der Waals surface area contributed by atoms with Gasteiger partial charge in [0.15, 0.2) is 5.65 Å². The Bertz CT molecular complexity index is 1010. The average Bonchev–Trinajstić information content (AvgIpc) is 2.95. The van der Waals surface area contributed by atoms with Gasteiger partial charge in [0.05, 0.1) is 31.0 Å². The van der Waals surface area contributed by atoms with Gasteiger partial charge in [0.1, 0.15) is 23.5 Å². The summed E-state index contributed by atoms with van der Waals surface area (Å²) in [5, 5.41) is 3.95. The average molecular weight is 389 g/mol. The van der Waals surface area contributed by atoms with Crippen molar-refractivity contribution in [3.63, 3.8) is 0 Å². The summed E-state index contributed by atoms with van der Waals surface area (Å²) in [5.74, 6) is -0.319. The summed E-state index contributed by atoms with van der Waals surface area (Å²) in [6, 6.07) is 4.41. The number of imidazole rings is 1. The highest BCUT2D eigenvalue weighted by Crippen LogP contribution is 2.24. The Balaban J connectivity index is 1.70. The number of nitrogens with zero attached hydrogens (tertiary/aromatic N) is 6. The summed E-state index contributed by atoms with van der Waals surface area (Å²) >= 11 is 0. The van der Waals surface area contributed by atoms with Crippen LogP contribution in [0.4, 0.5) is 14.6 Å². The first-order valence-electron chi connectivity index (χ1n) is 8.60. The number of rotatable bonds is 4. The molecule has 0 bridgehead atoms. The largest absolute Gasteiger partial charge is 0.379 e. The first-order chi connectivity index (χ1) is 13.5. The van der Waals surface area contributed by atoms with Gasteiger partial charge < -0.3 is 15.4 Å². The van der Waals surface area contributed by atoms with Crippen molar-refractivity contribution < 1.29 is 18.3 Å². The maximum Gasteiger partial charge on any atom is 0.282 e. The highest BCUT2D eigenvalue weighted by atomic mass is 19.3. The maximum absolute atomic E-state index is 13.0. The van der Waals surface area contributed by atoms with Crippen molar-refractivity contribution in [1.29, 1.82) is 0 Å². The predicted octanol–water partition coefficient (Wildman–Crippen LogP) is 1.06. The number of ether oxygens (including phenoxy) is 1. The first-order valence-corrected chi connectivity index (χ1v) is 8.60. The van der Waals surface area contributed by atoms with E-state index in [0.717, 1.165) is 0 Å². The Labute approximate surface area is 158 Å². The van der Waals surface area contributed by atoms with Crippen LogP contribution in [0.5, 0.6) is 0 Å². The first kappa shape index (κ1) is 18.2. The van der Waals surface area contributed by atoms with E-state index in [9.17, 15) is 13.6 Å². The zero-order valence-corrected chi connectivity index (χ0v) is 14.7. The van der Waals surface area contributed by atoms with Crippen LogP contribution in [0, 0.1) is 5.92 Å². The zero-order chi connectivity index (χ0) is 19.7. The van der Waals surface area contributed by atoms with Gasteiger partial charge in [-0.1, -0.05) is 0 Å². The van der Waals surface area contributed by atoms with Gasteiger partial charge in [-0.15, -0.1) is 0 Å². The van der Waals surface area contributed by atoms with E-state index in [1.54, 1.807) is 6.07 Å². The second-order valence-corrected chi connectivity index (χ2v) is 6.35. The third kappa shape index (κ3) is 3.48. The fourth-order valence-corrected chi connectivity index (χ4v) is 3.03. The number of alkyl halides is 2. The lowest BCUT2D eigenvalue weighted by Crippen LogP contribution is -2.37. The van der Waals surface area contributed by atoms with Crippen LogP contribution in [0.25, 0.3) is 17.0 Å². The van der Waals surface area contributed by atoms with Gasteiger partial charge >= 0.3 is 0 Å². The van der Waals surface area contributed by atoms with Crippen LogP contribution in [0.3, 0.4) is 0 Å². The highest BCUT2D eigenvalue weighted by molar-refractivity contribution is 5.77. The minimum atomic E-state index is -2.69. The number of aromatic nitrogens is 5. The van der Waals surface area contributed by atoms with Crippen molar-refractivity contribution in [1.82, 2.24) is 24.6 Å². The van der Waals surface area contributed by atoms with E-state index in [2.05, 4.69) is 20.1 Å². The molecule has 1 aliphatic rings. The zero-order valence-electron chi connectivity index (χ0n) is 14.7. The van der Waals surface area contributed by atoms with Crippen molar-refractivity contribution in [3.05, 3.63) is 36.4 Å². The Hall–Kier alpha value is -3.21. The van der Waals surface area contributed by atoms with Gasteiger partial charge in [0.25, 0.3) is 6.43 Å². The fraction of sp³-hybridized carbons (Fsp3) is 0.353. The van der Waals surface area contributed by atoms with Gasteiger partial charge in [-0.2, -0.15) is 5.10 Å². The predicted molar refractivity (Wildman–Crippen MR) is 94.7 cm³/mol. The van der Waals surface area contributed by atoms with Crippen molar-refractivity contribution in [3.8, 4) is 11.4 Å². The molecule has 1 amide bonds. The lowest BCUT2D eigenvalue weighted by atomic mass is 10.1. The van der Waals surface area contributed by atoms with E-state index in [-0.39, 0.29) is 12.3 Å². The summed E-state index contributed by atoms with van der Waals surface area (Å²) in [5.41, 5.74) is 6.43. The number of hydrogen-bond donors (Lipinski definition) is 1. The molecule has 0 spiro atoms. The molecular weight excluding hydrogens is 372 g/mol. The molecule has 4 heterocycles. The standard InChI is InChI=1S/C17H17F2N7O2/c18-16(19)11-1-2-14-21-6-13(26(14)24-11)12-5-15(23-9-22-12)25-3-4-28-8-10(7-25)17(20)27/h1-2,5-6,9-10,16H,3-4,7-8H2,(H2,20,27). The Morgan fingerprint density at radius 1 is 1.29 bits per heavy atom. The van der Waals surface area contributed by atoms with E-state index in [1.807, 2.05) is 4.90 Å². The van der Waals surface area contributed by atoms with Gasteiger partial charge in [0.2, 0.25) is 5.91 Å². The second-order valence-electron chi connectivity index (χ2n) is 6.35. The smallest absolute Gasteiger partial charge is 0.282 e. The van der Waals surface area contributed by atoms with Crippen molar-refractivity contribution in [2.75, 3.05) is 31.2 Å². The number of hydrogen-bond acceptors (Lipinski definition) is 7. The fourth-order valence-electron chi connectivity index (χ4n) is 3.03. The second kappa shape index (κ2) is 7.43. The van der Waals surface area contributed by atoms with Gasteiger partial charge in [-0.3, -0.25) is 4.79 Å². The van der Waals surface area contributed by atoms with Crippen LogP contribution in [0.1, 0.15) is 12.1 Å². The van der Waals surface area contributed by atoms with E-state index in [4.69, 9.17) is 10.5 Å². The Morgan fingerprint density at radius 2 is 2.14 bits per heavy atom. The van der Waals surface area contributed by atoms with Crippen LogP contribution in [0.2, 0.25) is 0 Å². The highest BCUT2D eigenvalue weighted by Gasteiger charge is 2.24. The van der Waals surface area contributed by atoms with Crippen LogP contribution in [-0.4, -0.2) is 56.8 Å². The molecular formula is C17H17F2N7O2. The van der Waals surface area contributed by atoms with Crippen molar-refractivity contribution >= 4 is 17.4 Å². The van der Waals surface area contributed by atoms with Crippen molar-refractivity contribution in [2.45, 2.75) is 6.43 Å². The Kier molecular flexibility index (Phi) is 4.82. The van der Waals surface area contributed by atoms with Crippen LogP contribution in [0.15, 0.2) is 30.7 Å². The van der Waals surface area contributed by atoms with E-state index >= 15 is 0 Å². The summed E-state index contributed by atoms with van der Waals surface area (Å²) in [4.78, 5) is 26.1. The molecule has 0 radical (unpaired) electrons. The van der Waals surface area contributed by atoms with E-state index < -0.39 is 18.3 Å². The number of nitrogens with two attached hydrogens (primary N) is 1.